The number of rotatable bonds is 2. The molecule has 2 heteroatoms. The van der Waals surface area contributed by atoms with Crippen LogP contribution in [0.1, 0.15) is 36.3 Å². The molecule has 1 saturated carbocycles. The van der Waals surface area contributed by atoms with Crippen LogP contribution in [0, 0.1) is 0 Å². The van der Waals surface area contributed by atoms with Crippen molar-refractivity contribution in [3.8, 4) is 0 Å². The first-order valence-corrected chi connectivity index (χ1v) is 6.02. The first kappa shape index (κ1) is 9.91. The summed E-state index contributed by atoms with van der Waals surface area (Å²) in [5.41, 5.74) is 11.2. The van der Waals surface area contributed by atoms with Crippen molar-refractivity contribution in [2.75, 3.05) is 18.9 Å². The maximum absolute atomic E-state index is 6.11. The highest BCUT2D eigenvalue weighted by Crippen LogP contribution is 2.46. The van der Waals surface area contributed by atoms with Gasteiger partial charge < -0.3 is 10.5 Å². The lowest BCUT2D eigenvalue weighted by molar-refractivity contribution is 0.161. The Morgan fingerprint density at radius 2 is 2.12 bits per heavy atom. The number of benzene rings is 1. The Balaban J connectivity index is 2.05. The van der Waals surface area contributed by atoms with E-state index in [0.717, 1.165) is 25.3 Å². The summed E-state index contributed by atoms with van der Waals surface area (Å²) in [5.74, 6) is 0.708. The van der Waals surface area contributed by atoms with Crippen molar-refractivity contribution < 1.29 is 4.74 Å². The molecule has 16 heavy (non-hydrogen) atoms. The van der Waals surface area contributed by atoms with Crippen LogP contribution >= 0.6 is 0 Å². The minimum absolute atomic E-state index is 0.708. The van der Waals surface area contributed by atoms with Crippen LogP contribution in [0.2, 0.25) is 0 Å². The third-order valence-corrected chi connectivity index (χ3v) is 3.43. The molecule has 0 saturated heterocycles. The SMILES string of the molecule is Nc1cccc(C2=CCOCC2)c1C1CC1. The van der Waals surface area contributed by atoms with Gasteiger partial charge in [0.15, 0.2) is 0 Å². The monoisotopic (exact) mass is 215 g/mol. The molecule has 84 valence electrons. The Hall–Kier alpha value is -1.28. The van der Waals surface area contributed by atoms with E-state index < -0.39 is 0 Å². The van der Waals surface area contributed by atoms with Gasteiger partial charge in [-0.25, -0.2) is 0 Å². The minimum atomic E-state index is 0.708. The number of anilines is 1. The first-order chi connectivity index (χ1) is 7.86. The molecule has 1 aromatic rings. The molecule has 2 nitrogen and oxygen atoms in total. The van der Waals surface area contributed by atoms with Gasteiger partial charge in [-0.1, -0.05) is 18.2 Å². The summed E-state index contributed by atoms with van der Waals surface area (Å²) in [4.78, 5) is 0. The van der Waals surface area contributed by atoms with E-state index in [9.17, 15) is 0 Å². The van der Waals surface area contributed by atoms with E-state index >= 15 is 0 Å². The molecule has 0 atom stereocenters. The van der Waals surface area contributed by atoms with Crippen molar-refractivity contribution in [1.29, 1.82) is 0 Å². The smallest absolute Gasteiger partial charge is 0.0653 e. The lowest BCUT2D eigenvalue weighted by Crippen LogP contribution is -2.06. The van der Waals surface area contributed by atoms with E-state index in [1.54, 1.807) is 0 Å². The van der Waals surface area contributed by atoms with Gasteiger partial charge in [-0.3, -0.25) is 0 Å². The Bertz CT molecular complexity index is 432. The number of nitrogen functional groups attached to an aromatic ring is 1. The van der Waals surface area contributed by atoms with Crippen LogP contribution in [0.15, 0.2) is 24.3 Å². The molecule has 0 aromatic heterocycles. The molecule has 0 spiro atoms. The molecule has 0 amide bonds. The third kappa shape index (κ3) is 1.74. The van der Waals surface area contributed by atoms with Crippen LogP contribution in [0.4, 0.5) is 5.69 Å². The van der Waals surface area contributed by atoms with Crippen molar-refractivity contribution in [3.05, 3.63) is 35.4 Å². The van der Waals surface area contributed by atoms with Crippen molar-refractivity contribution >= 4 is 11.3 Å². The van der Waals surface area contributed by atoms with Gasteiger partial charge in [0.05, 0.1) is 13.2 Å². The summed E-state index contributed by atoms with van der Waals surface area (Å²) < 4.78 is 5.36. The maximum Gasteiger partial charge on any atom is 0.0653 e. The largest absolute Gasteiger partial charge is 0.398 e. The summed E-state index contributed by atoms with van der Waals surface area (Å²) in [6, 6.07) is 6.30. The predicted molar refractivity (Wildman–Crippen MR) is 66.2 cm³/mol. The molecule has 2 aliphatic rings. The lowest BCUT2D eigenvalue weighted by Gasteiger charge is -2.18. The third-order valence-electron chi connectivity index (χ3n) is 3.43. The average molecular weight is 215 g/mol. The van der Waals surface area contributed by atoms with Crippen LogP contribution in [0.3, 0.4) is 0 Å². The van der Waals surface area contributed by atoms with Crippen LogP contribution in [-0.4, -0.2) is 13.2 Å². The summed E-state index contributed by atoms with van der Waals surface area (Å²) in [5, 5.41) is 0. The molecule has 1 aliphatic carbocycles. The van der Waals surface area contributed by atoms with Gasteiger partial charge in [0.1, 0.15) is 0 Å². The Kier molecular flexibility index (Phi) is 2.44. The zero-order valence-electron chi connectivity index (χ0n) is 9.41. The summed E-state index contributed by atoms with van der Waals surface area (Å²) in [7, 11) is 0. The van der Waals surface area contributed by atoms with Gasteiger partial charge >= 0.3 is 0 Å². The normalized spacial score (nSPS) is 20.6. The molecule has 1 aromatic carbocycles. The van der Waals surface area contributed by atoms with Crippen molar-refractivity contribution in [3.63, 3.8) is 0 Å². The number of hydrogen-bond donors (Lipinski definition) is 1. The molecule has 1 fully saturated rings. The van der Waals surface area contributed by atoms with E-state index in [1.807, 2.05) is 6.07 Å². The standard InChI is InChI=1S/C14H17NO/c15-13-3-1-2-12(14(13)11-4-5-11)10-6-8-16-9-7-10/h1-3,6,11H,4-5,7-9,15H2. The van der Waals surface area contributed by atoms with Crippen molar-refractivity contribution in [1.82, 2.24) is 0 Å². The zero-order chi connectivity index (χ0) is 11.0. The molecule has 0 bridgehead atoms. The van der Waals surface area contributed by atoms with Gasteiger partial charge in [-0.2, -0.15) is 0 Å². The summed E-state index contributed by atoms with van der Waals surface area (Å²) in [6.07, 6.45) is 5.81. The van der Waals surface area contributed by atoms with Gasteiger partial charge in [-0.15, -0.1) is 0 Å². The molecular weight excluding hydrogens is 198 g/mol. The van der Waals surface area contributed by atoms with Crippen LogP contribution in [0.5, 0.6) is 0 Å². The molecule has 2 N–H and O–H groups in total. The van der Waals surface area contributed by atoms with Crippen LogP contribution in [0.25, 0.3) is 5.57 Å². The summed E-state index contributed by atoms with van der Waals surface area (Å²) >= 11 is 0. The Labute approximate surface area is 96.1 Å². The van der Waals surface area contributed by atoms with Gasteiger partial charge in [0.2, 0.25) is 0 Å². The Morgan fingerprint density at radius 1 is 1.25 bits per heavy atom. The molecule has 1 heterocycles. The Morgan fingerprint density at radius 3 is 2.81 bits per heavy atom. The van der Waals surface area contributed by atoms with Gasteiger partial charge in [0.25, 0.3) is 0 Å². The minimum Gasteiger partial charge on any atom is -0.398 e. The van der Waals surface area contributed by atoms with E-state index in [0.29, 0.717) is 5.92 Å². The second-order valence-electron chi connectivity index (χ2n) is 4.64. The predicted octanol–water partition coefficient (Wildman–Crippen LogP) is 2.95. The topological polar surface area (TPSA) is 35.2 Å². The zero-order valence-corrected chi connectivity index (χ0v) is 9.41. The number of nitrogens with two attached hydrogens (primary N) is 1. The molecule has 0 unspecified atom stereocenters. The lowest BCUT2D eigenvalue weighted by atomic mass is 9.93. The number of ether oxygens (including phenoxy) is 1. The van der Waals surface area contributed by atoms with E-state index in [-0.39, 0.29) is 0 Å². The highest BCUT2D eigenvalue weighted by atomic mass is 16.5. The van der Waals surface area contributed by atoms with Crippen LogP contribution in [-0.2, 0) is 4.74 Å². The highest BCUT2D eigenvalue weighted by Gasteiger charge is 2.28. The van der Waals surface area contributed by atoms with Gasteiger partial charge in [0, 0.05) is 5.69 Å². The van der Waals surface area contributed by atoms with Gasteiger partial charge in [-0.05, 0) is 47.9 Å². The van der Waals surface area contributed by atoms with Crippen molar-refractivity contribution in [2.24, 2.45) is 0 Å². The van der Waals surface area contributed by atoms with E-state index in [2.05, 4.69) is 18.2 Å². The summed E-state index contributed by atoms with van der Waals surface area (Å²) in [6.45, 7) is 1.58. The molecule has 3 rings (SSSR count). The van der Waals surface area contributed by atoms with E-state index in [1.165, 1.54) is 29.5 Å². The fraction of sp³-hybridized carbons (Fsp3) is 0.429. The number of hydrogen-bond acceptors (Lipinski definition) is 2. The second-order valence-corrected chi connectivity index (χ2v) is 4.64. The molecule has 0 radical (unpaired) electrons. The fourth-order valence-corrected chi connectivity index (χ4v) is 2.46. The highest BCUT2D eigenvalue weighted by molar-refractivity contribution is 5.74. The fourth-order valence-electron chi connectivity index (χ4n) is 2.46. The van der Waals surface area contributed by atoms with E-state index in [4.69, 9.17) is 10.5 Å². The molecule has 1 aliphatic heterocycles. The average Bonchev–Trinajstić information content (AvgIpc) is 3.14. The van der Waals surface area contributed by atoms with Crippen LogP contribution < -0.4 is 5.73 Å². The quantitative estimate of drug-likeness (QED) is 0.770. The second kappa shape index (κ2) is 3.95. The first-order valence-electron chi connectivity index (χ1n) is 6.02. The molecular formula is C14H17NO. The maximum atomic E-state index is 6.11. The van der Waals surface area contributed by atoms with Crippen molar-refractivity contribution in [2.45, 2.75) is 25.2 Å².